The molecule has 1 aliphatic heterocycles. The molecule has 1 aliphatic rings. The molecule has 1 aromatic carbocycles. The van der Waals surface area contributed by atoms with Gasteiger partial charge < -0.3 is 16.2 Å². The fourth-order valence-corrected chi connectivity index (χ4v) is 2.72. The molecule has 0 spiro atoms. The lowest BCUT2D eigenvalue weighted by Crippen LogP contribution is -2.28. The molecule has 1 saturated heterocycles. The van der Waals surface area contributed by atoms with Crippen molar-refractivity contribution in [3.05, 3.63) is 35.4 Å². The van der Waals surface area contributed by atoms with Gasteiger partial charge in [-0.2, -0.15) is 0 Å². The van der Waals surface area contributed by atoms with Crippen LogP contribution in [0.4, 0.5) is 0 Å². The molecule has 19 heavy (non-hydrogen) atoms. The maximum atomic E-state index is 10.7. The van der Waals surface area contributed by atoms with Crippen molar-refractivity contribution in [2.45, 2.75) is 44.2 Å². The molecule has 0 amide bonds. The van der Waals surface area contributed by atoms with Gasteiger partial charge in [0, 0.05) is 18.5 Å². The van der Waals surface area contributed by atoms with E-state index in [1.807, 2.05) is 18.2 Å². The number of hydrogen-bond acceptors (Lipinski definition) is 3. The normalized spacial score (nSPS) is 21.0. The summed E-state index contributed by atoms with van der Waals surface area (Å²) in [4.78, 5) is 10.7. The fourth-order valence-electron chi connectivity index (χ4n) is 2.72. The molecule has 2 atom stereocenters. The van der Waals surface area contributed by atoms with Crippen molar-refractivity contribution in [1.29, 1.82) is 0 Å². The third-order valence-electron chi connectivity index (χ3n) is 3.75. The molecule has 0 aromatic heterocycles. The zero-order chi connectivity index (χ0) is 13.7. The first kappa shape index (κ1) is 14.0. The Morgan fingerprint density at radius 1 is 1.42 bits per heavy atom. The number of nitrogens with one attached hydrogen (secondary N) is 1. The van der Waals surface area contributed by atoms with Crippen molar-refractivity contribution < 1.29 is 9.90 Å². The molecule has 104 valence electrons. The molecule has 4 heteroatoms. The maximum Gasteiger partial charge on any atom is 0.303 e. The Bertz CT molecular complexity index is 428. The minimum atomic E-state index is -0.788. The van der Waals surface area contributed by atoms with Crippen molar-refractivity contribution in [3.63, 3.8) is 0 Å². The molecule has 1 heterocycles. The lowest BCUT2D eigenvalue weighted by molar-refractivity contribution is -0.137. The van der Waals surface area contributed by atoms with Crippen molar-refractivity contribution in [3.8, 4) is 0 Å². The highest BCUT2D eigenvalue weighted by atomic mass is 16.4. The maximum absolute atomic E-state index is 10.7. The van der Waals surface area contributed by atoms with E-state index < -0.39 is 5.97 Å². The average molecular weight is 262 g/mol. The molecule has 4 N–H and O–H groups in total. The van der Waals surface area contributed by atoms with Crippen LogP contribution in [0.1, 0.15) is 55.3 Å². The first-order chi connectivity index (χ1) is 9.18. The molecule has 1 fully saturated rings. The van der Waals surface area contributed by atoms with Gasteiger partial charge in [-0.25, -0.2) is 0 Å². The van der Waals surface area contributed by atoms with Crippen LogP contribution in [0.3, 0.4) is 0 Å². The second-order valence-corrected chi connectivity index (χ2v) is 5.17. The van der Waals surface area contributed by atoms with Gasteiger partial charge >= 0.3 is 5.97 Å². The van der Waals surface area contributed by atoms with Crippen LogP contribution in [0.2, 0.25) is 0 Å². The van der Waals surface area contributed by atoms with Gasteiger partial charge in [-0.15, -0.1) is 0 Å². The second-order valence-electron chi connectivity index (χ2n) is 5.17. The van der Waals surface area contributed by atoms with Crippen molar-refractivity contribution in [1.82, 2.24) is 5.32 Å². The van der Waals surface area contributed by atoms with E-state index in [-0.39, 0.29) is 12.5 Å². The summed E-state index contributed by atoms with van der Waals surface area (Å²) >= 11 is 0. The van der Waals surface area contributed by atoms with Crippen LogP contribution >= 0.6 is 0 Å². The van der Waals surface area contributed by atoms with Gasteiger partial charge in [0.05, 0.1) is 0 Å². The molecule has 0 aliphatic carbocycles. The van der Waals surface area contributed by atoms with Crippen LogP contribution in [-0.2, 0) is 4.79 Å². The Hall–Kier alpha value is -1.39. The van der Waals surface area contributed by atoms with Gasteiger partial charge in [0.2, 0.25) is 0 Å². The smallest absolute Gasteiger partial charge is 0.303 e. The van der Waals surface area contributed by atoms with Gasteiger partial charge in [-0.05, 0) is 36.9 Å². The van der Waals surface area contributed by atoms with E-state index in [1.165, 1.54) is 18.4 Å². The minimum Gasteiger partial charge on any atom is -0.481 e. The number of carboxylic acid groups (broad SMARTS) is 1. The molecular formula is C15H22N2O2. The monoisotopic (exact) mass is 262 g/mol. The first-order valence-corrected chi connectivity index (χ1v) is 6.98. The number of piperidine rings is 1. The summed E-state index contributed by atoms with van der Waals surface area (Å²) in [7, 11) is 0. The van der Waals surface area contributed by atoms with Gasteiger partial charge in [0.1, 0.15) is 0 Å². The van der Waals surface area contributed by atoms with E-state index in [0.717, 1.165) is 18.5 Å². The number of carboxylic acids is 1. The minimum absolute atomic E-state index is 0.119. The number of rotatable bonds is 5. The van der Waals surface area contributed by atoms with Gasteiger partial charge in [0.15, 0.2) is 0 Å². The van der Waals surface area contributed by atoms with Gasteiger partial charge in [-0.1, -0.05) is 30.7 Å². The third-order valence-corrected chi connectivity index (χ3v) is 3.75. The topological polar surface area (TPSA) is 75.4 Å². The molecule has 1 aromatic rings. The number of aliphatic carboxylic acids is 1. The quantitative estimate of drug-likeness (QED) is 0.761. The number of nitrogens with two attached hydrogens (primary N) is 1. The summed E-state index contributed by atoms with van der Waals surface area (Å²) in [5, 5.41) is 12.3. The Kier molecular flexibility index (Phi) is 4.93. The lowest BCUT2D eigenvalue weighted by atomic mass is 9.89. The summed E-state index contributed by atoms with van der Waals surface area (Å²) in [6, 6.07) is 8.30. The molecule has 4 nitrogen and oxygen atoms in total. The zero-order valence-corrected chi connectivity index (χ0v) is 11.1. The molecule has 0 radical (unpaired) electrons. The summed E-state index contributed by atoms with van der Waals surface area (Å²) in [5.41, 5.74) is 8.48. The first-order valence-electron chi connectivity index (χ1n) is 6.98. The van der Waals surface area contributed by atoms with Crippen LogP contribution in [0.15, 0.2) is 24.3 Å². The van der Waals surface area contributed by atoms with Crippen LogP contribution < -0.4 is 11.1 Å². The Morgan fingerprint density at radius 2 is 2.21 bits per heavy atom. The lowest BCUT2D eigenvalue weighted by Gasteiger charge is -2.27. The third kappa shape index (κ3) is 3.78. The average Bonchev–Trinajstić information content (AvgIpc) is 2.45. The van der Waals surface area contributed by atoms with Crippen LogP contribution in [0.25, 0.3) is 0 Å². The molecular weight excluding hydrogens is 240 g/mol. The predicted molar refractivity (Wildman–Crippen MR) is 74.8 cm³/mol. The Balaban J connectivity index is 2.12. The highest BCUT2D eigenvalue weighted by Gasteiger charge is 2.20. The summed E-state index contributed by atoms with van der Waals surface area (Å²) in [6.45, 7) is 1.05. The molecule has 0 bridgehead atoms. The fraction of sp³-hybridized carbons (Fsp3) is 0.533. The summed E-state index contributed by atoms with van der Waals surface area (Å²) in [6.07, 6.45) is 4.19. The van der Waals surface area contributed by atoms with Crippen molar-refractivity contribution in [2.75, 3.05) is 6.54 Å². The van der Waals surface area contributed by atoms with Crippen molar-refractivity contribution >= 4 is 5.97 Å². The van der Waals surface area contributed by atoms with Crippen LogP contribution in [0.5, 0.6) is 0 Å². The van der Waals surface area contributed by atoms with E-state index in [0.29, 0.717) is 12.5 Å². The van der Waals surface area contributed by atoms with E-state index in [2.05, 4.69) is 11.4 Å². The number of hydrogen-bond donors (Lipinski definition) is 3. The Morgan fingerprint density at radius 3 is 2.89 bits per heavy atom. The van der Waals surface area contributed by atoms with E-state index in [1.54, 1.807) is 0 Å². The van der Waals surface area contributed by atoms with Crippen molar-refractivity contribution in [2.24, 2.45) is 5.73 Å². The Labute approximate surface area is 114 Å². The van der Waals surface area contributed by atoms with Gasteiger partial charge in [-0.3, -0.25) is 4.79 Å². The van der Waals surface area contributed by atoms with E-state index >= 15 is 0 Å². The highest BCUT2D eigenvalue weighted by molar-refractivity contribution is 5.66. The molecule has 2 rings (SSSR count). The molecule has 1 unspecified atom stereocenters. The summed E-state index contributed by atoms with van der Waals surface area (Å²) in [5.74, 6) is -0.788. The summed E-state index contributed by atoms with van der Waals surface area (Å²) < 4.78 is 0. The SMILES string of the molecule is N[C@@H](CCC(=O)O)c1ccccc1C1CCCCN1. The molecule has 0 saturated carbocycles. The second kappa shape index (κ2) is 6.68. The largest absolute Gasteiger partial charge is 0.481 e. The number of benzene rings is 1. The number of carbonyl (C=O) groups is 1. The van der Waals surface area contributed by atoms with E-state index in [4.69, 9.17) is 10.8 Å². The van der Waals surface area contributed by atoms with E-state index in [9.17, 15) is 4.79 Å². The van der Waals surface area contributed by atoms with Gasteiger partial charge in [0.25, 0.3) is 0 Å². The standard InChI is InChI=1S/C15H22N2O2/c16-13(8-9-15(18)19)11-5-1-2-6-12(11)14-7-3-4-10-17-14/h1-2,5-6,13-14,17H,3-4,7-10,16H2,(H,18,19)/t13-,14?/m0/s1. The van der Waals surface area contributed by atoms with Crippen LogP contribution in [-0.4, -0.2) is 17.6 Å². The highest BCUT2D eigenvalue weighted by Crippen LogP contribution is 2.29. The van der Waals surface area contributed by atoms with Crippen LogP contribution in [0, 0.1) is 0 Å². The predicted octanol–water partition coefficient (Wildman–Crippen LogP) is 2.37. The zero-order valence-electron chi connectivity index (χ0n) is 11.1.